The third-order valence-electron chi connectivity index (χ3n) is 10.1. The second kappa shape index (κ2) is 11.4. The predicted molar refractivity (Wildman–Crippen MR) is 139 cm³/mol. The third-order valence-corrected chi connectivity index (χ3v) is 11.2. The first-order valence-corrected chi connectivity index (χ1v) is 16.6. The second-order valence-electron chi connectivity index (χ2n) is 12.9. The fourth-order valence-electron chi connectivity index (χ4n) is 8.38. The van der Waals surface area contributed by atoms with Gasteiger partial charge in [-0.05, 0) is 62.7 Å². The average molecular weight is 651 g/mol. The van der Waals surface area contributed by atoms with Crippen LogP contribution in [0.1, 0.15) is 65.2 Å². The highest BCUT2D eigenvalue weighted by molar-refractivity contribution is 7.86. The first-order chi connectivity index (χ1) is 20.7. The zero-order valence-electron chi connectivity index (χ0n) is 24.2. The SMILES string of the molecule is CCC(OC(=O)C1C2OC3C(OC(=O)C31)C2OC(=O)CCC(=O)OC(C)C(F)(F)S(=O)(=O)O)OC1C2CC3CC(C2)CC1C3. The Morgan fingerprint density at radius 1 is 0.955 bits per heavy atom. The van der Waals surface area contributed by atoms with Crippen LogP contribution < -0.4 is 0 Å². The molecule has 6 bridgehead atoms. The summed E-state index contributed by atoms with van der Waals surface area (Å²) in [7, 11) is -5.85. The number of hydrogen-bond donors (Lipinski definition) is 1. The van der Waals surface area contributed by atoms with Crippen LogP contribution in [0.2, 0.25) is 0 Å². The number of hydrogen-bond acceptors (Lipinski definition) is 12. The average Bonchev–Trinajstić information content (AvgIpc) is 3.56. The fraction of sp³-hybridized carbons (Fsp3) is 0.857. The Labute approximate surface area is 252 Å². The quantitative estimate of drug-likeness (QED) is 0.141. The molecule has 0 aromatic rings. The molecule has 0 amide bonds. The lowest BCUT2D eigenvalue weighted by Crippen LogP contribution is -2.51. The predicted octanol–water partition coefficient (Wildman–Crippen LogP) is 2.15. The van der Waals surface area contributed by atoms with E-state index in [1.165, 1.54) is 6.42 Å². The number of esters is 4. The van der Waals surface area contributed by atoms with Crippen molar-refractivity contribution in [3.05, 3.63) is 0 Å². The van der Waals surface area contributed by atoms with Crippen LogP contribution in [0.25, 0.3) is 0 Å². The lowest BCUT2D eigenvalue weighted by Gasteiger charge is -2.54. The van der Waals surface area contributed by atoms with E-state index in [0.29, 0.717) is 25.2 Å². The fourth-order valence-corrected chi connectivity index (χ4v) is 8.84. The maximum absolute atomic E-state index is 13.6. The number of carbonyl (C=O) groups is 4. The molecule has 44 heavy (non-hydrogen) atoms. The molecule has 246 valence electrons. The Morgan fingerprint density at radius 3 is 2.16 bits per heavy atom. The molecule has 7 fully saturated rings. The number of alkyl halides is 2. The van der Waals surface area contributed by atoms with Crippen LogP contribution in [-0.2, 0) is 57.7 Å². The van der Waals surface area contributed by atoms with Crippen molar-refractivity contribution in [1.29, 1.82) is 0 Å². The van der Waals surface area contributed by atoms with Crippen LogP contribution in [0.3, 0.4) is 0 Å². The summed E-state index contributed by atoms with van der Waals surface area (Å²) in [4.78, 5) is 50.7. The number of carbonyl (C=O) groups excluding carboxylic acids is 4. The summed E-state index contributed by atoms with van der Waals surface area (Å²) in [6, 6.07) is 0. The van der Waals surface area contributed by atoms with Gasteiger partial charge >= 0.3 is 39.2 Å². The normalized spacial score (nSPS) is 39.6. The smallest absolute Gasteiger partial charge is 0.405 e. The molecule has 0 aromatic carbocycles. The monoisotopic (exact) mass is 650 g/mol. The van der Waals surface area contributed by atoms with Crippen LogP contribution in [0.15, 0.2) is 0 Å². The van der Waals surface area contributed by atoms with Crippen LogP contribution in [0.5, 0.6) is 0 Å². The van der Waals surface area contributed by atoms with E-state index in [9.17, 15) is 36.4 Å². The van der Waals surface area contributed by atoms with Crippen molar-refractivity contribution in [1.82, 2.24) is 0 Å². The van der Waals surface area contributed by atoms with E-state index in [4.69, 9.17) is 28.2 Å². The maximum Gasteiger partial charge on any atom is 0.405 e. The van der Waals surface area contributed by atoms with Crippen LogP contribution in [0, 0.1) is 35.5 Å². The summed E-state index contributed by atoms with van der Waals surface area (Å²) >= 11 is 0. The molecule has 13 nitrogen and oxygen atoms in total. The van der Waals surface area contributed by atoms with E-state index in [0.717, 1.165) is 37.5 Å². The minimum Gasteiger partial charge on any atom is -0.455 e. The number of fused-ring (bicyclic) bond motifs is 1. The highest BCUT2D eigenvalue weighted by Gasteiger charge is 2.72. The van der Waals surface area contributed by atoms with E-state index in [1.54, 1.807) is 0 Å². The van der Waals surface area contributed by atoms with Gasteiger partial charge in [0.15, 0.2) is 18.3 Å². The van der Waals surface area contributed by atoms with Crippen LogP contribution in [-0.4, -0.2) is 85.0 Å². The van der Waals surface area contributed by atoms with E-state index < -0.39 is 101 Å². The number of rotatable bonds is 12. The van der Waals surface area contributed by atoms with Crippen molar-refractivity contribution in [2.24, 2.45) is 35.5 Å². The number of ether oxygens (including phenoxy) is 6. The summed E-state index contributed by atoms with van der Waals surface area (Å²) in [5, 5.41) is -4.76. The molecule has 8 unspecified atom stereocenters. The minimum absolute atomic E-state index is 0.0142. The highest BCUT2D eigenvalue weighted by atomic mass is 32.2. The summed E-state index contributed by atoms with van der Waals surface area (Å²) in [5.74, 6) is -3.43. The highest BCUT2D eigenvalue weighted by Crippen LogP contribution is 2.55. The van der Waals surface area contributed by atoms with Crippen molar-refractivity contribution in [2.75, 3.05) is 0 Å². The molecule has 7 rings (SSSR count). The zero-order valence-corrected chi connectivity index (χ0v) is 25.0. The molecule has 4 aliphatic carbocycles. The first-order valence-electron chi connectivity index (χ1n) is 15.1. The van der Waals surface area contributed by atoms with Gasteiger partial charge < -0.3 is 28.4 Å². The summed E-state index contributed by atoms with van der Waals surface area (Å²) in [5.41, 5.74) is 0. The van der Waals surface area contributed by atoms with Gasteiger partial charge in [-0.25, -0.2) is 0 Å². The Balaban J connectivity index is 1.04. The Morgan fingerprint density at radius 2 is 1.57 bits per heavy atom. The Hall–Kier alpha value is -2.43. The standard InChI is InChI=1S/C28H36F2O13S/c1-3-18(40-21-14-7-12-6-13(9-14)10-15(21)8-12)41-26(33)19-20-23-25(43-27(20)34)24(22(19)42-23)39-17(32)5-4-16(31)38-11(2)28(29,30)44(35,36)37/h11-15,18-25H,3-10H2,1-2H3,(H,35,36,37). The molecule has 4 saturated carbocycles. The molecule has 1 N–H and O–H groups in total. The van der Waals surface area contributed by atoms with Crippen molar-refractivity contribution < 1.29 is 69.4 Å². The largest absolute Gasteiger partial charge is 0.455 e. The summed E-state index contributed by atoms with van der Waals surface area (Å²) in [6.45, 7) is 2.41. The van der Waals surface area contributed by atoms with Crippen LogP contribution >= 0.6 is 0 Å². The maximum atomic E-state index is 13.6. The van der Waals surface area contributed by atoms with Gasteiger partial charge in [-0.3, -0.25) is 23.7 Å². The van der Waals surface area contributed by atoms with E-state index >= 15 is 0 Å². The second-order valence-corrected chi connectivity index (χ2v) is 14.4. The first kappa shape index (κ1) is 31.5. The molecule has 3 heterocycles. The molecule has 7 aliphatic rings. The Bertz CT molecular complexity index is 1280. The van der Waals surface area contributed by atoms with Gasteiger partial charge in [-0.15, -0.1) is 0 Å². The van der Waals surface area contributed by atoms with E-state index in [2.05, 4.69) is 4.74 Å². The number of halogens is 2. The van der Waals surface area contributed by atoms with E-state index in [1.807, 2.05) is 6.92 Å². The third kappa shape index (κ3) is 5.49. The zero-order chi connectivity index (χ0) is 31.7. The molecule has 3 aliphatic heterocycles. The van der Waals surface area contributed by atoms with Crippen molar-refractivity contribution in [2.45, 2.75) is 113 Å². The molecule has 0 aromatic heterocycles. The van der Waals surface area contributed by atoms with Crippen molar-refractivity contribution in [3.8, 4) is 0 Å². The molecule has 0 spiro atoms. The van der Waals surface area contributed by atoms with Gasteiger partial charge in [-0.2, -0.15) is 17.2 Å². The Kier molecular flexibility index (Phi) is 8.19. The molecular formula is C28H36F2O13S. The summed E-state index contributed by atoms with van der Waals surface area (Å²) in [6.07, 6.45) is -2.63. The molecule has 16 heteroatoms. The van der Waals surface area contributed by atoms with Gasteiger partial charge in [-0.1, -0.05) is 6.92 Å². The topological polar surface area (TPSA) is 178 Å². The molecular weight excluding hydrogens is 614 g/mol. The lowest BCUT2D eigenvalue weighted by atomic mass is 9.55. The van der Waals surface area contributed by atoms with Gasteiger partial charge in [0.05, 0.1) is 18.9 Å². The van der Waals surface area contributed by atoms with Crippen LogP contribution in [0.4, 0.5) is 8.78 Å². The van der Waals surface area contributed by atoms with Crippen molar-refractivity contribution >= 4 is 34.0 Å². The van der Waals surface area contributed by atoms with E-state index in [-0.39, 0.29) is 6.10 Å². The van der Waals surface area contributed by atoms with Gasteiger partial charge in [0.1, 0.15) is 24.0 Å². The molecule has 0 radical (unpaired) electrons. The molecule has 8 atom stereocenters. The minimum atomic E-state index is -5.85. The van der Waals surface area contributed by atoms with Gasteiger partial charge in [0, 0.05) is 6.42 Å². The molecule has 3 saturated heterocycles. The summed E-state index contributed by atoms with van der Waals surface area (Å²) < 4.78 is 90.7. The van der Waals surface area contributed by atoms with Gasteiger partial charge in [0.2, 0.25) is 6.29 Å². The lowest BCUT2D eigenvalue weighted by molar-refractivity contribution is -0.229. The van der Waals surface area contributed by atoms with Crippen molar-refractivity contribution in [3.63, 3.8) is 0 Å². The van der Waals surface area contributed by atoms with Gasteiger partial charge in [0.25, 0.3) is 0 Å².